The molecule has 1 radical (unpaired) electrons. The fourth-order valence-corrected chi connectivity index (χ4v) is 2.60. The summed E-state index contributed by atoms with van der Waals surface area (Å²) in [6, 6.07) is 11.2. The Labute approximate surface area is 144 Å². The van der Waals surface area contributed by atoms with Crippen LogP contribution < -0.4 is 10.9 Å². The summed E-state index contributed by atoms with van der Waals surface area (Å²) in [6.45, 7) is 4.44. The van der Waals surface area contributed by atoms with Crippen LogP contribution in [0.4, 0.5) is 0 Å². The van der Waals surface area contributed by atoms with E-state index in [-0.39, 0.29) is 22.4 Å². The molecule has 0 saturated carbocycles. The minimum atomic E-state index is -0.489. The van der Waals surface area contributed by atoms with E-state index in [2.05, 4.69) is 17.2 Å². The third-order valence-electron chi connectivity index (χ3n) is 3.88. The molecule has 6 nitrogen and oxygen atoms in total. The number of rotatable bonds is 5. The first-order valence-corrected chi connectivity index (χ1v) is 7.94. The van der Waals surface area contributed by atoms with Gasteiger partial charge < -0.3 is 15.0 Å². The topological polar surface area (TPSA) is 84.2 Å². The number of carbonyl (C=O) groups excluding carboxylic acids is 1. The summed E-state index contributed by atoms with van der Waals surface area (Å²) < 4.78 is 1.54. The van der Waals surface area contributed by atoms with Crippen LogP contribution in [0, 0.1) is 6.92 Å². The van der Waals surface area contributed by atoms with E-state index in [4.69, 9.17) is 0 Å². The van der Waals surface area contributed by atoms with Gasteiger partial charge in [0.2, 0.25) is 0 Å². The second-order valence-electron chi connectivity index (χ2n) is 5.63. The summed E-state index contributed by atoms with van der Waals surface area (Å²) in [5.74, 6) is -0.778. The van der Waals surface area contributed by atoms with E-state index >= 15 is 0 Å². The van der Waals surface area contributed by atoms with E-state index in [0.29, 0.717) is 24.9 Å². The number of pyridine rings is 2. The van der Waals surface area contributed by atoms with Gasteiger partial charge in [-0.2, -0.15) is 0 Å². The second-order valence-corrected chi connectivity index (χ2v) is 5.63. The maximum absolute atomic E-state index is 12.6. The van der Waals surface area contributed by atoms with Crippen LogP contribution in [0.25, 0.3) is 10.8 Å². The van der Waals surface area contributed by atoms with Crippen molar-refractivity contribution in [2.45, 2.75) is 13.0 Å². The highest BCUT2D eigenvalue weighted by Crippen LogP contribution is 2.24. The molecule has 2 N–H and O–H groups in total. The average Bonchev–Trinajstić information content (AvgIpc) is 2.63. The van der Waals surface area contributed by atoms with Gasteiger partial charge in [-0.1, -0.05) is 37.3 Å². The molecule has 2 aromatic heterocycles. The molecule has 1 amide bonds. The molecule has 2 heterocycles. The van der Waals surface area contributed by atoms with Gasteiger partial charge in [-0.25, -0.2) is 4.98 Å². The largest absolute Gasteiger partial charge is 0.505 e. The molecular weight excluding hydrogens is 318 g/mol. The lowest BCUT2D eigenvalue weighted by Crippen LogP contribution is -2.26. The summed E-state index contributed by atoms with van der Waals surface area (Å²) in [7, 11) is 0. The quantitative estimate of drug-likeness (QED) is 0.747. The zero-order valence-corrected chi connectivity index (χ0v) is 13.6. The molecule has 127 valence electrons. The predicted octanol–water partition coefficient (Wildman–Crippen LogP) is 2.10. The maximum atomic E-state index is 12.6. The standard InChI is InChI=1S/C19H18N3O3/c1-2-9-20-18(24)16-17(23)14-8-10-22(19(25)15(14)11-21-16)12-13-6-4-3-5-7-13/h3-8,10-11,23H,1-2,9,12H2,(H,20,24). The number of benzene rings is 1. The smallest absolute Gasteiger partial charge is 0.273 e. The van der Waals surface area contributed by atoms with Gasteiger partial charge in [-0.3, -0.25) is 9.59 Å². The lowest BCUT2D eigenvalue weighted by Gasteiger charge is -2.10. The van der Waals surface area contributed by atoms with Crippen molar-refractivity contribution in [2.75, 3.05) is 6.54 Å². The summed E-state index contributed by atoms with van der Waals surface area (Å²) >= 11 is 0. The fraction of sp³-hybridized carbons (Fsp3) is 0.158. The van der Waals surface area contributed by atoms with Crippen LogP contribution in [-0.2, 0) is 6.54 Å². The summed E-state index contributed by atoms with van der Waals surface area (Å²) in [5, 5.41) is 13.5. The van der Waals surface area contributed by atoms with Crippen molar-refractivity contribution in [3.8, 4) is 5.75 Å². The Balaban J connectivity index is 2.00. The van der Waals surface area contributed by atoms with Crippen molar-refractivity contribution in [3.05, 3.63) is 77.3 Å². The number of nitrogens with zero attached hydrogens (tertiary/aromatic N) is 2. The van der Waals surface area contributed by atoms with E-state index in [1.807, 2.05) is 30.3 Å². The monoisotopic (exact) mass is 336 g/mol. The number of hydrogen-bond donors (Lipinski definition) is 2. The summed E-state index contributed by atoms with van der Waals surface area (Å²) in [6.07, 6.45) is 3.47. The van der Waals surface area contributed by atoms with Crippen molar-refractivity contribution in [2.24, 2.45) is 0 Å². The SMILES string of the molecule is [CH2]CCNC(=O)c1ncc2c(=O)n(Cc3ccccc3)ccc2c1O. The Morgan fingerprint density at radius 2 is 1.96 bits per heavy atom. The number of carbonyl (C=O) groups is 1. The lowest BCUT2D eigenvalue weighted by atomic mass is 10.1. The molecule has 3 aromatic rings. The molecule has 1 aromatic carbocycles. The second kappa shape index (κ2) is 7.17. The Bertz CT molecular complexity index is 965. The van der Waals surface area contributed by atoms with Gasteiger partial charge in [0.1, 0.15) is 0 Å². The Morgan fingerprint density at radius 3 is 2.68 bits per heavy atom. The number of hydrogen-bond acceptors (Lipinski definition) is 4. The van der Waals surface area contributed by atoms with Crippen molar-refractivity contribution < 1.29 is 9.90 Å². The Hall–Kier alpha value is -3.15. The molecule has 0 aliphatic carbocycles. The molecule has 0 aliphatic heterocycles. The minimum absolute atomic E-state index is 0.0961. The summed E-state index contributed by atoms with van der Waals surface area (Å²) in [4.78, 5) is 28.6. The van der Waals surface area contributed by atoms with Gasteiger partial charge in [0, 0.05) is 24.3 Å². The first kappa shape index (κ1) is 16.7. The van der Waals surface area contributed by atoms with E-state index in [0.717, 1.165) is 5.56 Å². The van der Waals surface area contributed by atoms with Crippen LogP contribution >= 0.6 is 0 Å². The zero-order chi connectivity index (χ0) is 17.8. The molecule has 0 atom stereocenters. The van der Waals surface area contributed by atoms with Gasteiger partial charge in [-0.15, -0.1) is 0 Å². The molecule has 0 spiro atoms. The molecule has 6 heteroatoms. The lowest BCUT2D eigenvalue weighted by molar-refractivity contribution is 0.0946. The number of aromatic hydroxyl groups is 1. The van der Waals surface area contributed by atoms with E-state index in [1.165, 1.54) is 6.20 Å². The molecule has 0 unspecified atom stereocenters. The molecule has 0 bridgehead atoms. The Kier molecular flexibility index (Phi) is 4.79. The van der Waals surface area contributed by atoms with Gasteiger partial charge in [0.05, 0.1) is 11.9 Å². The first-order chi connectivity index (χ1) is 12.1. The van der Waals surface area contributed by atoms with E-state index < -0.39 is 5.91 Å². The number of nitrogens with one attached hydrogen (secondary N) is 1. The number of aromatic nitrogens is 2. The van der Waals surface area contributed by atoms with Gasteiger partial charge in [-0.05, 0) is 18.1 Å². The highest BCUT2D eigenvalue weighted by Gasteiger charge is 2.17. The van der Waals surface area contributed by atoms with Crippen LogP contribution in [0.5, 0.6) is 5.75 Å². The van der Waals surface area contributed by atoms with Gasteiger partial charge in [0.25, 0.3) is 11.5 Å². The van der Waals surface area contributed by atoms with E-state index in [9.17, 15) is 14.7 Å². The van der Waals surface area contributed by atoms with Gasteiger partial charge in [0.15, 0.2) is 11.4 Å². The third kappa shape index (κ3) is 3.38. The van der Waals surface area contributed by atoms with Crippen molar-refractivity contribution in [1.29, 1.82) is 0 Å². The first-order valence-electron chi connectivity index (χ1n) is 7.94. The minimum Gasteiger partial charge on any atom is -0.505 e. The molecule has 25 heavy (non-hydrogen) atoms. The zero-order valence-electron chi connectivity index (χ0n) is 13.6. The van der Waals surface area contributed by atoms with Crippen molar-refractivity contribution in [3.63, 3.8) is 0 Å². The van der Waals surface area contributed by atoms with Crippen LogP contribution in [-0.4, -0.2) is 27.1 Å². The third-order valence-corrected chi connectivity index (χ3v) is 3.88. The highest BCUT2D eigenvalue weighted by atomic mass is 16.3. The normalized spacial score (nSPS) is 10.8. The molecule has 0 aliphatic rings. The number of fused-ring (bicyclic) bond motifs is 1. The van der Waals surface area contributed by atoms with Crippen molar-refractivity contribution in [1.82, 2.24) is 14.9 Å². The molecule has 3 rings (SSSR count). The summed E-state index contributed by atoms with van der Waals surface area (Å²) in [5.41, 5.74) is 0.625. The maximum Gasteiger partial charge on any atom is 0.273 e. The molecule has 0 saturated heterocycles. The highest BCUT2D eigenvalue weighted by molar-refractivity contribution is 6.01. The van der Waals surface area contributed by atoms with Gasteiger partial charge >= 0.3 is 0 Å². The molecular formula is C19H18N3O3. The Morgan fingerprint density at radius 1 is 1.20 bits per heavy atom. The van der Waals surface area contributed by atoms with Crippen LogP contribution in [0.2, 0.25) is 0 Å². The fourth-order valence-electron chi connectivity index (χ4n) is 2.60. The number of amides is 1. The van der Waals surface area contributed by atoms with E-state index in [1.54, 1.807) is 16.8 Å². The van der Waals surface area contributed by atoms with Crippen LogP contribution in [0.3, 0.4) is 0 Å². The average molecular weight is 336 g/mol. The van der Waals surface area contributed by atoms with Crippen LogP contribution in [0.1, 0.15) is 22.5 Å². The van der Waals surface area contributed by atoms with Crippen LogP contribution in [0.15, 0.2) is 53.6 Å². The van der Waals surface area contributed by atoms with Crippen molar-refractivity contribution >= 4 is 16.7 Å². The predicted molar refractivity (Wildman–Crippen MR) is 95.5 cm³/mol. The molecule has 0 fully saturated rings.